The van der Waals surface area contributed by atoms with E-state index in [1.54, 1.807) is 10.9 Å². The highest BCUT2D eigenvalue weighted by molar-refractivity contribution is 6.31. The number of hydrogen-bond acceptors (Lipinski definition) is 4. The largest absolute Gasteiger partial charge is 0.245 e. The lowest BCUT2D eigenvalue weighted by Gasteiger charge is -2.03. The minimum absolute atomic E-state index is 0.0315. The lowest BCUT2D eigenvalue weighted by Crippen LogP contribution is -2.03. The summed E-state index contributed by atoms with van der Waals surface area (Å²) in [6.45, 7) is 0. The van der Waals surface area contributed by atoms with E-state index in [9.17, 15) is 0 Å². The number of hydrogen-bond donors (Lipinski definition) is 0. The Morgan fingerprint density at radius 1 is 1.06 bits per heavy atom. The average Bonchev–Trinajstić information content (AvgIpc) is 2.76. The second kappa shape index (κ2) is 3.94. The van der Waals surface area contributed by atoms with Gasteiger partial charge in [0.15, 0.2) is 11.0 Å². The van der Waals surface area contributed by atoms with Gasteiger partial charge in [-0.05, 0) is 17.7 Å². The molecule has 5 nitrogen and oxygen atoms in total. The van der Waals surface area contributed by atoms with Crippen molar-refractivity contribution in [2.45, 2.75) is 0 Å². The molecule has 0 atom stereocenters. The Morgan fingerprint density at radius 3 is 2.76 bits per heavy atom. The molecule has 0 bridgehead atoms. The third-order valence-electron chi connectivity index (χ3n) is 2.28. The second-order valence-electron chi connectivity index (χ2n) is 3.31. The summed E-state index contributed by atoms with van der Waals surface area (Å²) in [5.74, 6) is 0.368. The predicted molar refractivity (Wildman–Crippen MR) is 64.5 cm³/mol. The molecule has 0 unspecified atom stereocenters. The van der Waals surface area contributed by atoms with Crippen molar-refractivity contribution >= 4 is 34.1 Å². The van der Waals surface area contributed by atoms with Crippen LogP contribution in [0.4, 0.5) is 0 Å². The van der Waals surface area contributed by atoms with Gasteiger partial charge in [0.2, 0.25) is 5.28 Å². The van der Waals surface area contributed by atoms with E-state index in [0.29, 0.717) is 5.82 Å². The summed E-state index contributed by atoms with van der Waals surface area (Å²) >= 11 is 11.6. The van der Waals surface area contributed by atoms with Crippen LogP contribution in [0.15, 0.2) is 30.5 Å². The fraction of sp³-hybridized carbons (Fsp3) is 0. The Labute approximate surface area is 106 Å². The molecule has 2 heterocycles. The lowest BCUT2D eigenvalue weighted by molar-refractivity contribution is 0.835. The molecule has 84 valence electrons. The van der Waals surface area contributed by atoms with Crippen molar-refractivity contribution in [3.8, 4) is 5.82 Å². The maximum absolute atomic E-state index is 5.93. The van der Waals surface area contributed by atoms with Gasteiger partial charge in [0, 0.05) is 5.39 Å². The van der Waals surface area contributed by atoms with Gasteiger partial charge in [0.25, 0.3) is 0 Å². The van der Waals surface area contributed by atoms with Crippen molar-refractivity contribution in [3.05, 3.63) is 40.9 Å². The van der Waals surface area contributed by atoms with Gasteiger partial charge in [-0.15, -0.1) is 10.2 Å². The summed E-state index contributed by atoms with van der Waals surface area (Å²) in [6.07, 6.45) is 1.72. The zero-order valence-electron chi connectivity index (χ0n) is 8.38. The van der Waals surface area contributed by atoms with Crippen molar-refractivity contribution < 1.29 is 0 Å². The maximum Gasteiger partial charge on any atom is 0.245 e. The lowest BCUT2D eigenvalue weighted by atomic mass is 10.3. The van der Waals surface area contributed by atoms with Gasteiger partial charge in [0.05, 0.1) is 11.7 Å². The van der Waals surface area contributed by atoms with Gasteiger partial charge >= 0.3 is 0 Å². The Balaban J connectivity index is 2.31. The Bertz CT molecular complexity index is 694. The summed E-state index contributed by atoms with van der Waals surface area (Å²) in [5.41, 5.74) is 0.881. The molecule has 1 aromatic carbocycles. The second-order valence-corrected chi connectivity index (χ2v) is 4.01. The van der Waals surface area contributed by atoms with Crippen molar-refractivity contribution in [2.75, 3.05) is 0 Å². The molecule has 0 aliphatic rings. The van der Waals surface area contributed by atoms with Gasteiger partial charge in [-0.3, -0.25) is 0 Å². The molecule has 0 fully saturated rings. The number of halogens is 2. The number of benzene rings is 1. The summed E-state index contributed by atoms with van der Waals surface area (Å²) in [7, 11) is 0. The van der Waals surface area contributed by atoms with Gasteiger partial charge in [-0.2, -0.15) is 10.1 Å². The van der Waals surface area contributed by atoms with Crippen LogP contribution in [0, 0.1) is 0 Å². The molecular formula is C10H5Cl2N5. The third kappa shape index (κ3) is 1.73. The van der Waals surface area contributed by atoms with Gasteiger partial charge < -0.3 is 0 Å². The van der Waals surface area contributed by atoms with E-state index >= 15 is 0 Å². The smallest absolute Gasteiger partial charge is 0.212 e. The number of para-hydroxylation sites is 1. The normalized spacial score (nSPS) is 10.9. The van der Waals surface area contributed by atoms with Crippen molar-refractivity contribution in [3.63, 3.8) is 0 Å². The molecule has 3 aromatic rings. The minimum Gasteiger partial charge on any atom is -0.212 e. The van der Waals surface area contributed by atoms with Crippen LogP contribution < -0.4 is 0 Å². The highest BCUT2D eigenvalue weighted by atomic mass is 35.5. The summed E-state index contributed by atoms with van der Waals surface area (Å²) in [5, 5.41) is 12.6. The first-order valence-electron chi connectivity index (χ1n) is 4.74. The molecule has 7 heteroatoms. The first kappa shape index (κ1) is 10.4. The molecule has 17 heavy (non-hydrogen) atoms. The first-order chi connectivity index (χ1) is 8.25. The van der Waals surface area contributed by atoms with Crippen molar-refractivity contribution in [1.82, 2.24) is 25.0 Å². The van der Waals surface area contributed by atoms with E-state index in [4.69, 9.17) is 23.2 Å². The van der Waals surface area contributed by atoms with Crippen LogP contribution in [-0.2, 0) is 0 Å². The molecule has 0 saturated heterocycles. The van der Waals surface area contributed by atoms with E-state index < -0.39 is 0 Å². The van der Waals surface area contributed by atoms with Gasteiger partial charge in [0.1, 0.15) is 0 Å². The molecule has 0 amide bonds. The molecule has 0 aliphatic heterocycles. The van der Waals surface area contributed by atoms with E-state index in [-0.39, 0.29) is 10.4 Å². The Kier molecular flexibility index (Phi) is 2.42. The maximum atomic E-state index is 5.93. The van der Waals surface area contributed by atoms with Crippen molar-refractivity contribution in [1.29, 1.82) is 0 Å². The van der Waals surface area contributed by atoms with E-state index in [1.807, 2.05) is 24.3 Å². The molecule has 0 N–H and O–H groups in total. The molecule has 0 aliphatic carbocycles. The quantitative estimate of drug-likeness (QED) is 0.679. The summed E-state index contributed by atoms with van der Waals surface area (Å²) in [6, 6.07) is 7.70. The zero-order valence-corrected chi connectivity index (χ0v) is 9.89. The Morgan fingerprint density at radius 2 is 1.88 bits per heavy atom. The van der Waals surface area contributed by atoms with Gasteiger partial charge in [-0.25, -0.2) is 4.68 Å². The average molecular weight is 266 g/mol. The van der Waals surface area contributed by atoms with Gasteiger partial charge in [-0.1, -0.05) is 29.8 Å². The van der Waals surface area contributed by atoms with Crippen LogP contribution in [0.25, 0.3) is 16.7 Å². The third-order valence-corrected chi connectivity index (χ3v) is 2.69. The van der Waals surface area contributed by atoms with E-state index in [1.165, 1.54) is 0 Å². The first-order valence-corrected chi connectivity index (χ1v) is 5.50. The summed E-state index contributed by atoms with van der Waals surface area (Å²) in [4.78, 5) is 4.03. The summed E-state index contributed by atoms with van der Waals surface area (Å²) < 4.78 is 1.58. The zero-order chi connectivity index (χ0) is 11.8. The molecule has 3 rings (SSSR count). The van der Waals surface area contributed by atoms with Crippen LogP contribution >= 0.6 is 23.2 Å². The standard InChI is InChI=1S/C10H5Cl2N5/c11-8-9(14-10(12)16-15-8)17-7-4-2-1-3-6(7)5-13-17/h1-5H. The minimum atomic E-state index is 0.0315. The number of rotatable bonds is 1. The SMILES string of the molecule is Clc1nnc(Cl)c(-n2ncc3ccccc32)n1. The fourth-order valence-corrected chi connectivity index (χ4v) is 1.84. The van der Waals surface area contributed by atoms with Crippen LogP contribution in [-0.4, -0.2) is 25.0 Å². The highest BCUT2D eigenvalue weighted by Gasteiger charge is 2.11. The van der Waals surface area contributed by atoms with Crippen molar-refractivity contribution in [2.24, 2.45) is 0 Å². The molecule has 0 spiro atoms. The van der Waals surface area contributed by atoms with Crippen LogP contribution in [0.2, 0.25) is 10.4 Å². The van der Waals surface area contributed by atoms with Crippen LogP contribution in [0.3, 0.4) is 0 Å². The Hall–Kier alpha value is -1.72. The number of nitrogens with zero attached hydrogens (tertiary/aromatic N) is 5. The van der Waals surface area contributed by atoms with E-state index in [0.717, 1.165) is 10.9 Å². The monoisotopic (exact) mass is 265 g/mol. The molecule has 2 aromatic heterocycles. The topological polar surface area (TPSA) is 56.5 Å². The number of aromatic nitrogens is 5. The predicted octanol–water partition coefficient (Wildman–Crippen LogP) is 2.52. The molecule has 0 saturated carbocycles. The van der Waals surface area contributed by atoms with Crippen LogP contribution in [0.1, 0.15) is 0 Å². The van der Waals surface area contributed by atoms with E-state index in [2.05, 4.69) is 20.3 Å². The molecular weight excluding hydrogens is 261 g/mol. The highest BCUT2D eigenvalue weighted by Crippen LogP contribution is 2.21. The fourth-order valence-electron chi connectivity index (χ4n) is 1.56. The molecule has 0 radical (unpaired) electrons. The number of fused-ring (bicyclic) bond motifs is 1. The van der Waals surface area contributed by atoms with Crippen LogP contribution in [0.5, 0.6) is 0 Å².